The van der Waals surface area contributed by atoms with Crippen LogP contribution in [0.3, 0.4) is 0 Å². The van der Waals surface area contributed by atoms with Gasteiger partial charge in [0.05, 0.1) is 22.7 Å². The van der Waals surface area contributed by atoms with E-state index in [-0.39, 0.29) is 23.3 Å². The Balaban J connectivity index is 1.60. The van der Waals surface area contributed by atoms with Crippen molar-refractivity contribution < 1.29 is 4.79 Å². The zero-order chi connectivity index (χ0) is 22.5. The van der Waals surface area contributed by atoms with Crippen LogP contribution in [0, 0.1) is 6.92 Å². The Morgan fingerprint density at radius 3 is 2.41 bits per heavy atom. The number of nitrogens with zero attached hydrogens (tertiary/aromatic N) is 2. The lowest BCUT2D eigenvalue weighted by Crippen LogP contribution is -2.36. The molecule has 3 aromatic carbocycles. The van der Waals surface area contributed by atoms with Gasteiger partial charge in [0.25, 0.3) is 5.56 Å². The van der Waals surface area contributed by atoms with Gasteiger partial charge in [-0.3, -0.25) is 9.59 Å². The molecular formula is C26H25N3O2S. The third kappa shape index (κ3) is 5.26. The van der Waals surface area contributed by atoms with Crippen molar-refractivity contribution in [2.24, 2.45) is 0 Å². The minimum atomic E-state index is -0.284. The first kappa shape index (κ1) is 21.8. The second kappa shape index (κ2) is 9.83. The van der Waals surface area contributed by atoms with Gasteiger partial charge in [0, 0.05) is 11.4 Å². The molecule has 32 heavy (non-hydrogen) atoms. The average molecular weight is 444 g/mol. The van der Waals surface area contributed by atoms with E-state index in [1.807, 2.05) is 86.6 Å². The Hall–Kier alpha value is -3.38. The quantitative estimate of drug-likeness (QED) is 0.411. The maximum absolute atomic E-state index is 13.5. The summed E-state index contributed by atoms with van der Waals surface area (Å²) in [7, 11) is 0. The number of benzene rings is 3. The Kier molecular flexibility index (Phi) is 6.71. The second-order valence-electron chi connectivity index (χ2n) is 7.78. The molecule has 0 bridgehead atoms. The van der Waals surface area contributed by atoms with E-state index in [9.17, 15) is 9.59 Å². The second-order valence-corrected chi connectivity index (χ2v) is 9.20. The number of carbonyl (C=O) groups excluding carboxylic acids is 1. The fourth-order valence-electron chi connectivity index (χ4n) is 3.53. The smallest absolute Gasteiger partial charge is 0.258 e. The fourth-order valence-corrected chi connectivity index (χ4v) is 4.49. The monoisotopic (exact) mass is 443 g/mol. The van der Waals surface area contributed by atoms with Crippen molar-refractivity contribution in [1.29, 1.82) is 0 Å². The summed E-state index contributed by atoms with van der Waals surface area (Å²) in [6, 6.07) is 25.2. The number of hydrogen-bond donors (Lipinski definition) is 1. The molecule has 4 rings (SSSR count). The largest absolute Gasteiger partial charge is 0.330 e. The summed E-state index contributed by atoms with van der Waals surface area (Å²) in [5, 5.41) is 0.258. The minimum absolute atomic E-state index is 0.00441. The zero-order valence-electron chi connectivity index (χ0n) is 18.1. The van der Waals surface area contributed by atoms with E-state index in [2.05, 4.69) is 9.97 Å². The van der Waals surface area contributed by atoms with Crippen molar-refractivity contribution in [3.05, 3.63) is 106 Å². The van der Waals surface area contributed by atoms with Gasteiger partial charge >= 0.3 is 0 Å². The van der Waals surface area contributed by atoms with Crippen LogP contribution < -0.4 is 5.56 Å². The molecule has 0 aliphatic carbocycles. The molecule has 1 atom stereocenters. The molecule has 0 saturated heterocycles. The third-order valence-corrected chi connectivity index (χ3v) is 6.31. The van der Waals surface area contributed by atoms with Crippen LogP contribution in [0.1, 0.15) is 23.9 Å². The van der Waals surface area contributed by atoms with Crippen molar-refractivity contribution in [3.8, 4) is 0 Å². The Bertz CT molecular complexity index is 1270. The van der Waals surface area contributed by atoms with Crippen LogP contribution in [0.5, 0.6) is 0 Å². The summed E-state index contributed by atoms with van der Waals surface area (Å²) in [5.41, 5.74) is 2.64. The SMILES string of the molecule is Cc1ccc(S[C@@H](C)C(=O)N(Cc2ccccc2)Cc2nc3ccccc3c(=O)[nH]2)cc1. The van der Waals surface area contributed by atoms with E-state index in [0.717, 1.165) is 10.5 Å². The zero-order valence-corrected chi connectivity index (χ0v) is 18.9. The highest BCUT2D eigenvalue weighted by atomic mass is 32.2. The maximum Gasteiger partial charge on any atom is 0.258 e. The molecule has 0 aliphatic heterocycles. The van der Waals surface area contributed by atoms with Gasteiger partial charge < -0.3 is 9.88 Å². The van der Waals surface area contributed by atoms with E-state index >= 15 is 0 Å². The van der Waals surface area contributed by atoms with Gasteiger partial charge in [0.15, 0.2) is 0 Å². The highest BCUT2D eigenvalue weighted by molar-refractivity contribution is 8.00. The van der Waals surface area contributed by atoms with Crippen molar-refractivity contribution in [3.63, 3.8) is 0 Å². The normalized spacial score (nSPS) is 11.9. The number of H-pyrrole nitrogens is 1. The highest BCUT2D eigenvalue weighted by Crippen LogP contribution is 2.26. The van der Waals surface area contributed by atoms with Crippen LogP contribution >= 0.6 is 11.8 Å². The third-order valence-electron chi connectivity index (χ3n) is 5.21. The van der Waals surface area contributed by atoms with Gasteiger partial charge in [-0.1, -0.05) is 60.2 Å². The van der Waals surface area contributed by atoms with E-state index < -0.39 is 0 Å². The van der Waals surface area contributed by atoms with E-state index in [0.29, 0.717) is 23.3 Å². The van der Waals surface area contributed by atoms with Crippen LogP contribution in [0.15, 0.2) is 88.6 Å². The minimum Gasteiger partial charge on any atom is -0.330 e. The first-order valence-electron chi connectivity index (χ1n) is 10.5. The van der Waals surface area contributed by atoms with E-state index in [4.69, 9.17) is 0 Å². The molecule has 1 N–H and O–H groups in total. The highest BCUT2D eigenvalue weighted by Gasteiger charge is 2.23. The van der Waals surface area contributed by atoms with Gasteiger partial charge in [-0.2, -0.15) is 0 Å². The molecule has 1 aromatic heterocycles. The summed E-state index contributed by atoms with van der Waals surface area (Å²) in [6.07, 6.45) is 0. The molecule has 0 fully saturated rings. The number of aryl methyl sites for hydroxylation is 1. The molecule has 5 nitrogen and oxygen atoms in total. The van der Waals surface area contributed by atoms with E-state index in [1.165, 1.54) is 17.3 Å². The van der Waals surface area contributed by atoms with Gasteiger partial charge in [-0.25, -0.2) is 4.98 Å². The fraction of sp³-hybridized carbons (Fsp3) is 0.192. The number of aromatic nitrogens is 2. The van der Waals surface area contributed by atoms with Crippen LogP contribution in [-0.2, 0) is 17.9 Å². The lowest BCUT2D eigenvalue weighted by Gasteiger charge is -2.25. The van der Waals surface area contributed by atoms with Crippen LogP contribution in [0.25, 0.3) is 10.9 Å². The molecule has 0 unspecified atom stereocenters. The molecule has 6 heteroatoms. The number of para-hydroxylation sites is 1. The van der Waals surface area contributed by atoms with Crippen molar-refractivity contribution in [2.75, 3.05) is 0 Å². The predicted molar refractivity (Wildman–Crippen MR) is 130 cm³/mol. The molecule has 4 aromatic rings. The number of aromatic amines is 1. The number of nitrogens with one attached hydrogen (secondary N) is 1. The molecule has 1 heterocycles. The molecular weight excluding hydrogens is 418 g/mol. The lowest BCUT2D eigenvalue weighted by molar-refractivity contribution is -0.131. The maximum atomic E-state index is 13.5. The van der Waals surface area contributed by atoms with Gasteiger partial charge in [0.1, 0.15) is 5.82 Å². The van der Waals surface area contributed by atoms with Crippen LogP contribution in [0.2, 0.25) is 0 Å². The number of thioether (sulfide) groups is 1. The summed E-state index contributed by atoms with van der Waals surface area (Å²) < 4.78 is 0. The molecule has 0 radical (unpaired) electrons. The predicted octanol–water partition coefficient (Wildman–Crippen LogP) is 4.94. The number of carbonyl (C=O) groups is 1. The first-order chi connectivity index (χ1) is 15.5. The molecule has 1 amide bonds. The molecule has 0 aliphatic rings. The number of rotatable bonds is 7. The summed E-state index contributed by atoms with van der Waals surface area (Å²) in [6.45, 7) is 4.63. The Morgan fingerprint density at radius 2 is 1.66 bits per heavy atom. The Morgan fingerprint density at radius 1 is 0.969 bits per heavy atom. The average Bonchev–Trinajstić information content (AvgIpc) is 2.80. The van der Waals surface area contributed by atoms with Gasteiger partial charge in [-0.05, 0) is 43.7 Å². The first-order valence-corrected chi connectivity index (χ1v) is 11.4. The summed E-state index contributed by atoms with van der Waals surface area (Å²) in [4.78, 5) is 36.2. The van der Waals surface area contributed by atoms with Gasteiger partial charge in [0.2, 0.25) is 5.91 Å². The topological polar surface area (TPSA) is 66.1 Å². The Labute approximate surface area is 191 Å². The lowest BCUT2D eigenvalue weighted by atomic mass is 10.2. The number of hydrogen-bond acceptors (Lipinski definition) is 4. The molecule has 0 saturated carbocycles. The standard InChI is InChI=1S/C26H25N3O2S/c1-18-12-14-21(15-13-18)32-19(2)26(31)29(16-20-8-4-3-5-9-20)17-24-27-23-11-7-6-10-22(23)25(30)28-24/h3-15,19H,16-17H2,1-2H3,(H,27,28,30)/t19-/m0/s1. The van der Waals surface area contributed by atoms with Crippen LogP contribution in [-0.4, -0.2) is 26.0 Å². The van der Waals surface area contributed by atoms with E-state index in [1.54, 1.807) is 11.0 Å². The summed E-state index contributed by atoms with van der Waals surface area (Å²) >= 11 is 1.53. The van der Waals surface area contributed by atoms with Crippen molar-refractivity contribution >= 4 is 28.6 Å². The number of amides is 1. The van der Waals surface area contributed by atoms with Crippen molar-refractivity contribution in [1.82, 2.24) is 14.9 Å². The number of fused-ring (bicyclic) bond motifs is 1. The molecule has 0 spiro atoms. The van der Waals surface area contributed by atoms with Gasteiger partial charge in [-0.15, -0.1) is 11.8 Å². The van der Waals surface area contributed by atoms with Crippen LogP contribution in [0.4, 0.5) is 0 Å². The molecule has 162 valence electrons. The summed E-state index contributed by atoms with van der Waals surface area (Å²) in [5.74, 6) is 0.473. The van der Waals surface area contributed by atoms with Crippen molar-refractivity contribution in [2.45, 2.75) is 37.1 Å².